The SMILES string of the molecule is COC(=O)CCCC#CCC#CCC#CCC#CCCCCCOC(C)=O. The lowest BCUT2D eigenvalue weighted by molar-refractivity contribution is -0.141. The maximum Gasteiger partial charge on any atom is 0.305 e. The molecule has 0 saturated carbocycles. The molecular weight excluding hydrogens is 340 g/mol. The van der Waals surface area contributed by atoms with E-state index >= 15 is 0 Å². The van der Waals surface area contributed by atoms with Gasteiger partial charge in [0.05, 0.1) is 33.0 Å². The van der Waals surface area contributed by atoms with Crippen LogP contribution in [0.5, 0.6) is 0 Å². The molecule has 4 heteroatoms. The molecule has 4 nitrogen and oxygen atoms in total. The quantitative estimate of drug-likeness (QED) is 0.373. The van der Waals surface area contributed by atoms with Crippen molar-refractivity contribution in [2.45, 2.75) is 71.1 Å². The van der Waals surface area contributed by atoms with E-state index in [2.05, 4.69) is 52.1 Å². The van der Waals surface area contributed by atoms with Gasteiger partial charge in [-0.25, -0.2) is 0 Å². The van der Waals surface area contributed by atoms with Gasteiger partial charge in [0, 0.05) is 26.2 Å². The van der Waals surface area contributed by atoms with Crippen molar-refractivity contribution in [3.8, 4) is 47.4 Å². The molecule has 0 aliphatic heterocycles. The second-order valence-corrected chi connectivity index (χ2v) is 5.52. The van der Waals surface area contributed by atoms with Crippen molar-refractivity contribution in [1.82, 2.24) is 0 Å². The van der Waals surface area contributed by atoms with Gasteiger partial charge in [-0.2, -0.15) is 0 Å². The molecule has 0 heterocycles. The van der Waals surface area contributed by atoms with Gasteiger partial charge in [-0.3, -0.25) is 9.59 Å². The number of esters is 2. The van der Waals surface area contributed by atoms with Crippen LogP contribution < -0.4 is 0 Å². The molecule has 0 radical (unpaired) electrons. The van der Waals surface area contributed by atoms with Crippen LogP contribution in [0.4, 0.5) is 0 Å². The topological polar surface area (TPSA) is 52.6 Å². The normalized spacial score (nSPS) is 8.37. The summed E-state index contributed by atoms with van der Waals surface area (Å²) >= 11 is 0. The van der Waals surface area contributed by atoms with E-state index < -0.39 is 0 Å². The van der Waals surface area contributed by atoms with Crippen molar-refractivity contribution >= 4 is 11.9 Å². The molecule has 0 fully saturated rings. The van der Waals surface area contributed by atoms with Crippen molar-refractivity contribution in [3.63, 3.8) is 0 Å². The van der Waals surface area contributed by atoms with Crippen LogP contribution in [-0.2, 0) is 19.1 Å². The fourth-order valence-electron chi connectivity index (χ4n) is 1.82. The minimum atomic E-state index is -0.224. The van der Waals surface area contributed by atoms with E-state index in [1.165, 1.54) is 14.0 Å². The van der Waals surface area contributed by atoms with Crippen LogP contribution in [0.15, 0.2) is 0 Å². The lowest BCUT2D eigenvalue weighted by atomic mass is 10.2. The molecule has 0 unspecified atom stereocenters. The zero-order valence-electron chi connectivity index (χ0n) is 16.4. The molecule has 0 aliphatic carbocycles. The van der Waals surface area contributed by atoms with Gasteiger partial charge in [0.15, 0.2) is 0 Å². The van der Waals surface area contributed by atoms with E-state index in [1.54, 1.807) is 0 Å². The van der Waals surface area contributed by atoms with E-state index in [-0.39, 0.29) is 11.9 Å². The molecule has 144 valence electrons. The first kappa shape index (κ1) is 24.2. The Bertz CT molecular complexity index is 675. The van der Waals surface area contributed by atoms with Gasteiger partial charge in [-0.15, -0.1) is 11.8 Å². The Morgan fingerprint density at radius 1 is 0.704 bits per heavy atom. The van der Waals surface area contributed by atoms with Gasteiger partial charge in [0.1, 0.15) is 0 Å². The number of hydrogen-bond acceptors (Lipinski definition) is 4. The molecular formula is C23H28O4. The number of carbonyl (C=O) groups excluding carboxylic acids is 2. The van der Waals surface area contributed by atoms with E-state index in [1.807, 2.05) is 0 Å². The Hall–Kier alpha value is -2.82. The van der Waals surface area contributed by atoms with Gasteiger partial charge in [-0.1, -0.05) is 35.5 Å². The monoisotopic (exact) mass is 368 g/mol. The molecule has 27 heavy (non-hydrogen) atoms. The minimum Gasteiger partial charge on any atom is -0.469 e. The summed E-state index contributed by atoms with van der Waals surface area (Å²) in [6.07, 6.45) is 7.18. The maximum absolute atomic E-state index is 10.9. The van der Waals surface area contributed by atoms with Gasteiger partial charge >= 0.3 is 11.9 Å². The first-order valence-corrected chi connectivity index (χ1v) is 9.20. The first-order valence-electron chi connectivity index (χ1n) is 9.20. The number of carbonyl (C=O) groups is 2. The molecule has 0 aromatic carbocycles. The highest BCUT2D eigenvalue weighted by molar-refractivity contribution is 5.69. The van der Waals surface area contributed by atoms with Crippen molar-refractivity contribution in [2.75, 3.05) is 13.7 Å². The number of methoxy groups -OCH3 is 1. The third-order valence-electron chi connectivity index (χ3n) is 3.19. The molecule has 0 N–H and O–H groups in total. The van der Waals surface area contributed by atoms with E-state index in [0.29, 0.717) is 45.1 Å². The Kier molecular flexibility index (Phi) is 17.5. The number of unbranched alkanes of at least 4 members (excludes halogenated alkanes) is 4. The third kappa shape index (κ3) is 21.1. The summed E-state index contributed by atoms with van der Waals surface area (Å²) in [6, 6.07) is 0. The van der Waals surface area contributed by atoms with Crippen LogP contribution in [0, 0.1) is 47.4 Å². The average Bonchev–Trinajstić information content (AvgIpc) is 2.65. The van der Waals surface area contributed by atoms with Gasteiger partial charge in [0.25, 0.3) is 0 Å². The molecule has 0 aromatic rings. The van der Waals surface area contributed by atoms with E-state index in [4.69, 9.17) is 4.74 Å². The Labute approximate surface area is 163 Å². The molecule has 0 rings (SSSR count). The Morgan fingerprint density at radius 2 is 1.22 bits per heavy atom. The van der Waals surface area contributed by atoms with Crippen LogP contribution in [0.3, 0.4) is 0 Å². The number of ether oxygens (including phenoxy) is 2. The van der Waals surface area contributed by atoms with Crippen LogP contribution in [0.1, 0.15) is 71.1 Å². The first-order chi connectivity index (χ1) is 13.2. The summed E-state index contributed by atoms with van der Waals surface area (Å²) in [7, 11) is 1.39. The third-order valence-corrected chi connectivity index (χ3v) is 3.19. The van der Waals surface area contributed by atoms with Crippen LogP contribution in [0.2, 0.25) is 0 Å². The largest absolute Gasteiger partial charge is 0.469 e. The number of rotatable bonds is 8. The van der Waals surface area contributed by atoms with E-state index in [0.717, 1.165) is 25.7 Å². The molecule has 0 spiro atoms. The standard InChI is InChI=1S/C23H28O4/c1-22(24)27-21-19-17-15-13-11-9-7-5-3-4-6-8-10-12-14-16-18-20-23(25)26-2/h4,7,10,13,15-21H2,1-2H3. The van der Waals surface area contributed by atoms with Crippen molar-refractivity contribution < 1.29 is 19.1 Å². The number of hydrogen-bond donors (Lipinski definition) is 0. The molecule has 0 aromatic heterocycles. The summed E-state index contributed by atoms with van der Waals surface area (Å²) in [5, 5.41) is 0. The summed E-state index contributed by atoms with van der Waals surface area (Å²) in [6.45, 7) is 1.92. The van der Waals surface area contributed by atoms with Crippen LogP contribution >= 0.6 is 0 Å². The van der Waals surface area contributed by atoms with Gasteiger partial charge in [0.2, 0.25) is 0 Å². The smallest absolute Gasteiger partial charge is 0.305 e. The predicted octanol–water partition coefficient (Wildman–Crippen LogP) is 3.64. The van der Waals surface area contributed by atoms with Crippen LogP contribution in [-0.4, -0.2) is 25.7 Å². The lowest BCUT2D eigenvalue weighted by Crippen LogP contribution is -1.99. The molecule has 0 aliphatic rings. The molecule has 0 saturated heterocycles. The zero-order valence-corrected chi connectivity index (χ0v) is 16.4. The highest BCUT2D eigenvalue weighted by Crippen LogP contribution is 1.99. The second-order valence-electron chi connectivity index (χ2n) is 5.52. The predicted molar refractivity (Wildman–Crippen MR) is 106 cm³/mol. The molecule has 0 atom stereocenters. The van der Waals surface area contributed by atoms with Crippen molar-refractivity contribution in [3.05, 3.63) is 0 Å². The van der Waals surface area contributed by atoms with E-state index in [9.17, 15) is 9.59 Å². The van der Waals surface area contributed by atoms with Crippen molar-refractivity contribution in [2.24, 2.45) is 0 Å². The summed E-state index contributed by atoms with van der Waals surface area (Å²) in [4.78, 5) is 21.5. The molecule has 0 bridgehead atoms. The zero-order chi connectivity index (χ0) is 20.0. The second kappa shape index (κ2) is 19.5. The fourth-order valence-corrected chi connectivity index (χ4v) is 1.82. The summed E-state index contributed by atoms with van der Waals surface area (Å²) in [5.41, 5.74) is 0. The van der Waals surface area contributed by atoms with Crippen LogP contribution in [0.25, 0.3) is 0 Å². The molecule has 0 amide bonds. The Morgan fingerprint density at radius 3 is 1.74 bits per heavy atom. The lowest BCUT2D eigenvalue weighted by Gasteiger charge is -1.99. The fraction of sp³-hybridized carbons (Fsp3) is 0.565. The summed E-state index contributed by atoms with van der Waals surface area (Å²) in [5.74, 6) is 23.5. The highest BCUT2D eigenvalue weighted by atomic mass is 16.5. The maximum atomic E-state index is 10.9. The highest BCUT2D eigenvalue weighted by Gasteiger charge is 1.96. The van der Waals surface area contributed by atoms with Gasteiger partial charge < -0.3 is 9.47 Å². The van der Waals surface area contributed by atoms with Gasteiger partial charge in [-0.05, 0) is 25.7 Å². The summed E-state index contributed by atoms with van der Waals surface area (Å²) < 4.78 is 9.41. The average molecular weight is 368 g/mol. The minimum absolute atomic E-state index is 0.198. The Balaban J connectivity index is 3.57. The van der Waals surface area contributed by atoms with Crippen molar-refractivity contribution in [1.29, 1.82) is 0 Å².